The fourth-order valence-corrected chi connectivity index (χ4v) is 5.36. The molecule has 1 saturated heterocycles. The average molecular weight is 276 g/mol. The third-order valence-electron chi connectivity index (χ3n) is 4.39. The lowest BCUT2D eigenvalue weighted by molar-refractivity contribution is -0.00307. The first-order valence-electron chi connectivity index (χ1n) is 6.90. The molecule has 0 radical (unpaired) electrons. The molecular formula is C16H20O2S. The number of ether oxygens (including phenoxy) is 1. The highest BCUT2D eigenvalue weighted by Crippen LogP contribution is 2.44. The molecule has 1 aliphatic carbocycles. The average Bonchev–Trinajstić information content (AvgIpc) is 2.69. The second-order valence-corrected chi connectivity index (χ2v) is 7.33. The summed E-state index contributed by atoms with van der Waals surface area (Å²) in [5, 5.41) is 0.276. The Kier molecular flexibility index (Phi) is 3.59. The standard InChI is InChI=1S/C16H20O2S/c1-16-10-6-5-9-15(16)19(17)12-14(16)18-11-13-7-3-2-4-8-13/h2-4,6-8,10,14-15H,5,9,11-12H2,1H3/t14-,15-,16-,19?/m0/s1. The molecule has 1 aromatic carbocycles. The maximum absolute atomic E-state index is 12.2. The SMILES string of the molecule is C[C@@]12C=CCC[C@@H]1S(=O)C[C@@H]2OCc1ccccc1. The molecule has 0 spiro atoms. The maximum Gasteiger partial charge on any atom is 0.0794 e. The van der Waals surface area contributed by atoms with Crippen molar-refractivity contribution in [2.24, 2.45) is 5.41 Å². The van der Waals surface area contributed by atoms with Gasteiger partial charge in [0.2, 0.25) is 0 Å². The van der Waals surface area contributed by atoms with Gasteiger partial charge in [0.25, 0.3) is 0 Å². The lowest BCUT2D eigenvalue weighted by Crippen LogP contribution is -2.38. The zero-order valence-corrected chi connectivity index (χ0v) is 12.1. The second-order valence-electron chi connectivity index (χ2n) is 5.67. The minimum Gasteiger partial charge on any atom is -0.372 e. The first kappa shape index (κ1) is 13.1. The van der Waals surface area contributed by atoms with Gasteiger partial charge in [0, 0.05) is 21.5 Å². The Hall–Kier alpha value is -0.930. The molecule has 3 rings (SSSR count). The Balaban J connectivity index is 1.73. The Morgan fingerprint density at radius 1 is 1.37 bits per heavy atom. The van der Waals surface area contributed by atoms with Crippen LogP contribution in [0.25, 0.3) is 0 Å². The van der Waals surface area contributed by atoms with E-state index >= 15 is 0 Å². The van der Waals surface area contributed by atoms with Crippen LogP contribution < -0.4 is 0 Å². The second kappa shape index (κ2) is 5.22. The van der Waals surface area contributed by atoms with Gasteiger partial charge < -0.3 is 4.74 Å². The lowest BCUT2D eigenvalue weighted by atomic mass is 9.76. The summed E-state index contributed by atoms with van der Waals surface area (Å²) in [4.78, 5) is 0. The first-order chi connectivity index (χ1) is 9.20. The summed E-state index contributed by atoms with van der Waals surface area (Å²) >= 11 is 0. The van der Waals surface area contributed by atoms with Gasteiger partial charge in [-0.2, -0.15) is 0 Å². The van der Waals surface area contributed by atoms with Crippen LogP contribution >= 0.6 is 0 Å². The van der Waals surface area contributed by atoms with Gasteiger partial charge in [-0.1, -0.05) is 49.4 Å². The van der Waals surface area contributed by atoms with Crippen LogP contribution in [0, 0.1) is 5.41 Å². The van der Waals surface area contributed by atoms with E-state index in [1.165, 1.54) is 5.56 Å². The van der Waals surface area contributed by atoms with E-state index in [-0.39, 0.29) is 16.8 Å². The molecule has 3 heteroatoms. The zero-order valence-electron chi connectivity index (χ0n) is 11.2. The Bertz CT molecular complexity index is 497. The molecular weight excluding hydrogens is 256 g/mol. The molecule has 1 aromatic rings. The molecule has 0 bridgehead atoms. The summed E-state index contributed by atoms with van der Waals surface area (Å²) in [6, 6.07) is 10.2. The Morgan fingerprint density at radius 3 is 2.95 bits per heavy atom. The smallest absolute Gasteiger partial charge is 0.0794 e. The predicted octanol–water partition coefficient (Wildman–Crippen LogP) is 3.06. The number of hydrogen-bond acceptors (Lipinski definition) is 2. The van der Waals surface area contributed by atoms with Crippen LogP contribution in [0.4, 0.5) is 0 Å². The van der Waals surface area contributed by atoms with Gasteiger partial charge in [0.1, 0.15) is 0 Å². The third kappa shape index (κ3) is 2.41. The molecule has 0 saturated carbocycles. The predicted molar refractivity (Wildman–Crippen MR) is 78.3 cm³/mol. The molecule has 1 unspecified atom stereocenters. The normalized spacial score (nSPS) is 37.2. The molecule has 102 valence electrons. The fraction of sp³-hybridized carbons (Fsp3) is 0.500. The fourth-order valence-electron chi connectivity index (χ4n) is 3.18. The molecule has 1 fully saturated rings. The highest BCUT2D eigenvalue weighted by atomic mass is 32.2. The van der Waals surface area contributed by atoms with Gasteiger partial charge in [-0.3, -0.25) is 4.21 Å². The van der Waals surface area contributed by atoms with E-state index in [1.807, 2.05) is 18.2 Å². The minimum atomic E-state index is -0.743. The Labute approximate surface area is 117 Å². The molecule has 0 amide bonds. The van der Waals surface area contributed by atoms with Crippen LogP contribution in [0.15, 0.2) is 42.5 Å². The zero-order chi connectivity index (χ0) is 13.3. The summed E-state index contributed by atoms with van der Waals surface area (Å²) in [5.41, 5.74) is 1.14. The van der Waals surface area contributed by atoms with E-state index in [0.29, 0.717) is 12.4 Å². The molecule has 1 heterocycles. The van der Waals surface area contributed by atoms with Crippen molar-refractivity contribution >= 4 is 10.8 Å². The number of allylic oxidation sites excluding steroid dienone is 1. The first-order valence-corrected chi connectivity index (χ1v) is 8.29. The molecule has 0 aromatic heterocycles. The molecule has 1 aliphatic heterocycles. The third-order valence-corrected chi connectivity index (χ3v) is 6.40. The summed E-state index contributed by atoms with van der Waals surface area (Å²) in [6.07, 6.45) is 6.62. The van der Waals surface area contributed by atoms with Gasteiger partial charge in [-0.05, 0) is 18.4 Å². The Morgan fingerprint density at radius 2 is 2.16 bits per heavy atom. The van der Waals surface area contributed by atoms with Crippen molar-refractivity contribution in [2.45, 2.75) is 37.7 Å². The van der Waals surface area contributed by atoms with E-state index < -0.39 is 10.8 Å². The molecule has 2 nitrogen and oxygen atoms in total. The van der Waals surface area contributed by atoms with Crippen molar-refractivity contribution in [3.05, 3.63) is 48.0 Å². The van der Waals surface area contributed by atoms with Crippen LogP contribution in [0.1, 0.15) is 25.3 Å². The van der Waals surface area contributed by atoms with Crippen LogP contribution in [0.3, 0.4) is 0 Å². The summed E-state index contributed by atoms with van der Waals surface area (Å²) in [7, 11) is -0.743. The quantitative estimate of drug-likeness (QED) is 0.793. The number of rotatable bonds is 3. The van der Waals surface area contributed by atoms with Gasteiger partial charge in [0.15, 0.2) is 0 Å². The number of fused-ring (bicyclic) bond motifs is 1. The molecule has 0 N–H and O–H groups in total. The number of benzene rings is 1. The van der Waals surface area contributed by atoms with Gasteiger partial charge in [-0.25, -0.2) is 0 Å². The largest absolute Gasteiger partial charge is 0.372 e. The van der Waals surface area contributed by atoms with E-state index in [9.17, 15) is 4.21 Å². The van der Waals surface area contributed by atoms with Crippen LogP contribution in [-0.2, 0) is 22.1 Å². The topological polar surface area (TPSA) is 26.3 Å². The number of hydrogen-bond donors (Lipinski definition) is 0. The highest BCUT2D eigenvalue weighted by Gasteiger charge is 2.50. The summed E-state index contributed by atoms with van der Waals surface area (Å²) < 4.78 is 18.3. The van der Waals surface area contributed by atoms with E-state index in [1.54, 1.807) is 0 Å². The van der Waals surface area contributed by atoms with Crippen LogP contribution in [0.5, 0.6) is 0 Å². The molecule has 19 heavy (non-hydrogen) atoms. The van der Waals surface area contributed by atoms with Gasteiger partial charge in [-0.15, -0.1) is 0 Å². The van der Waals surface area contributed by atoms with Crippen molar-refractivity contribution in [1.29, 1.82) is 0 Å². The molecule has 2 aliphatic rings. The minimum absolute atomic E-state index is 0.0438. The maximum atomic E-state index is 12.2. The van der Waals surface area contributed by atoms with Crippen LogP contribution in [-0.4, -0.2) is 21.3 Å². The highest BCUT2D eigenvalue weighted by molar-refractivity contribution is 7.86. The van der Waals surface area contributed by atoms with Crippen molar-refractivity contribution in [2.75, 3.05) is 5.75 Å². The molecule has 4 atom stereocenters. The van der Waals surface area contributed by atoms with Crippen molar-refractivity contribution in [3.8, 4) is 0 Å². The van der Waals surface area contributed by atoms with Gasteiger partial charge in [0.05, 0.1) is 18.5 Å². The summed E-state index contributed by atoms with van der Waals surface area (Å²) in [5.74, 6) is 0.679. The van der Waals surface area contributed by atoms with Crippen molar-refractivity contribution < 1.29 is 8.95 Å². The monoisotopic (exact) mass is 276 g/mol. The van der Waals surface area contributed by atoms with Crippen LogP contribution in [0.2, 0.25) is 0 Å². The van der Waals surface area contributed by atoms with Crippen molar-refractivity contribution in [3.63, 3.8) is 0 Å². The van der Waals surface area contributed by atoms with E-state index in [0.717, 1.165) is 12.8 Å². The van der Waals surface area contributed by atoms with E-state index in [4.69, 9.17) is 4.74 Å². The van der Waals surface area contributed by atoms with Crippen molar-refractivity contribution in [1.82, 2.24) is 0 Å². The van der Waals surface area contributed by atoms with Gasteiger partial charge >= 0.3 is 0 Å². The summed E-state index contributed by atoms with van der Waals surface area (Å²) in [6.45, 7) is 2.81. The lowest BCUT2D eigenvalue weighted by Gasteiger charge is -2.34. The van der Waals surface area contributed by atoms with E-state index in [2.05, 4.69) is 31.2 Å².